The molecule has 1 aromatic carbocycles. The average molecular weight is 361 g/mol. The third-order valence-electron chi connectivity index (χ3n) is 4.75. The molecule has 0 radical (unpaired) electrons. The van der Waals surface area contributed by atoms with Crippen LogP contribution >= 0.6 is 0 Å². The van der Waals surface area contributed by atoms with Crippen LogP contribution in [0.4, 0.5) is 0 Å². The maximum atomic E-state index is 11.3. The maximum absolute atomic E-state index is 11.3. The molecular weight excluding hydrogens is 328 g/mol. The molecule has 0 aliphatic heterocycles. The summed E-state index contributed by atoms with van der Waals surface area (Å²) in [5.74, 6) is -0.337. The van der Waals surface area contributed by atoms with Gasteiger partial charge in [0.15, 0.2) is 8.32 Å². The van der Waals surface area contributed by atoms with Gasteiger partial charge in [-0.2, -0.15) is 0 Å². The summed E-state index contributed by atoms with van der Waals surface area (Å²) in [6, 6.07) is 10.2. The molecule has 0 spiro atoms. The molecule has 0 heterocycles. The Hall–Kier alpha value is -1.65. The first kappa shape index (κ1) is 21.4. The predicted molar refractivity (Wildman–Crippen MR) is 108 cm³/mol. The molecule has 0 saturated carbocycles. The Bertz CT molecular complexity index is 610. The topological polar surface area (TPSA) is 35.5 Å². The second kappa shape index (κ2) is 9.16. The van der Waals surface area contributed by atoms with Crippen molar-refractivity contribution < 1.29 is 14.0 Å². The second-order valence-corrected chi connectivity index (χ2v) is 12.6. The Morgan fingerprint density at radius 3 is 2.32 bits per heavy atom. The lowest BCUT2D eigenvalue weighted by Gasteiger charge is -2.39. The Labute approximate surface area is 153 Å². The molecule has 0 aromatic heterocycles. The van der Waals surface area contributed by atoms with Gasteiger partial charge in [0.05, 0.1) is 13.2 Å². The van der Waals surface area contributed by atoms with Gasteiger partial charge in [0, 0.05) is 6.08 Å². The summed E-state index contributed by atoms with van der Waals surface area (Å²) in [6.07, 6.45) is 6.06. The van der Waals surface area contributed by atoms with Gasteiger partial charge in [0.2, 0.25) is 0 Å². The average Bonchev–Trinajstić information content (AvgIpc) is 2.53. The molecule has 0 aliphatic carbocycles. The highest BCUT2D eigenvalue weighted by molar-refractivity contribution is 6.74. The first-order valence-electron chi connectivity index (χ1n) is 8.72. The van der Waals surface area contributed by atoms with Crippen LogP contribution in [-0.2, 0) is 14.0 Å². The van der Waals surface area contributed by atoms with E-state index in [1.807, 2.05) is 24.3 Å². The van der Waals surface area contributed by atoms with Crippen molar-refractivity contribution in [1.82, 2.24) is 0 Å². The number of rotatable bonds is 7. The summed E-state index contributed by atoms with van der Waals surface area (Å²) >= 11 is 0. The number of hydrogen-bond donors (Lipinski definition) is 0. The Morgan fingerprint density at radius 1 is 1.20 bits per heavy atom. The lowest BCUT2D eigenvalue weighted by molar-refractivity contribution is -0.134. The van der Waals surface area contributed by atoms with E-state index in [-0.39, 0.29) is 17.1 Å². The fourth-order valence-electron chi connectivity index (χ4n) is 2.12. The Kier molecular flexibility index (Phi) is 7.84. The van der Waals surface area contributed by atoms with E-state index >= 15 is 0 Å². The van der Waals surface area contributed by atoms with Crippen LogP contribution in [0, 0.1) is 0 Å². The van der Waals surface area contributed by atoms with Crippen LogP contribution in [-0.4, -0.2) is 27.5 Å². The van der Waals surface area contributed by atoms with Crippen molar-refractivity contribution in [3.05, 3.63) is 53.6 Å². The standard InChI is InChI=1S/C21H32O3Si/c1-17(16-18-12-9-8-10-13-18)19(14-11-15-20(22)23-5)24-25(6,7)21(2,3)4/h8-13,15-16,19H,14H2,1-7H3/b15-11+,17-16+. The van der Waals surface area contributed by atoms with Gasteiger partial charge in [-0.25, -0.2) is 4.79 Å². The van der Waals surface area contributed by atoms with Gasteiger partial charge in [-0.1, -0.05) is 63.3 Å². The zero-order chi connectivity index (χ0) is 19.1. The van der Waals surface area contributed by atoms with E-state index < -0.39 is 8.32 Å². The van der Waals surface area contributed by atoms with Crippen LogP contribution < -0.4 is 0 Å². The molecule has 3 nitrogen and oxygen atoms in total. The summed E-state index contributed by atoms with van der Waals surface area (Å²) in [5.41, 5.74) is 2.31. The summed E-state index contributed by atoms with van der Waals surface area (Å²) < 4.78 is 11.3. The van der Waals surface area contributed by atoms with Gasteiger partial charge in [0.25, 0.3) is 0 Å². The van der Waals surface area contributed by atoms with E-state index in [0.29, 0.717) is 6.42 Å². The molecule has 1 aromatic rings. The molecule has 25 heavy (non-hydrogen) atoms. The molecule has 1 rings (SSSR count). The summed E-state index contributed by atoms with van der Waals surface area (Å²) in [5, 5.41) is 0.129. The number of benzene rings is 1. The van der Waals surface area contributed by atoms with Crippen molar-refractivity contribution in [3.63, 3.8) is 0 Å². The third-order valence-corrected chi connectivity index (χ3v) is 9.24. The minimum absolute atomic E-state index is 0.0537. The van der Waals surface area contributed by atoms with Gasteiger partial charge in [-0.15, -0.1) is 0 Å². The van der Waals surface area contributed by atoms with Crippen molar-refractivity contribution in [1.29, 1.82) is 0 Å². The molecule has 1 atom stereocenters. The van der Waals surface area contributed by atoms with Crippen molar-refractivity contribution in [3.8, 4) is 0 Å². The molecule has 1 unspecified atom stereocenters. The van der Waals surface area contributed by atoms with Gasteiger partial charge in [0.1, 0.15) is 0 Å². The van der Waals surface area contributed by atoms with Crippen molar-refractivity contribution in [2.75, 3.05) is 7.11 Å². The molecule has 0 amide bonds. The highest BCUT2D eigenvalue weighted by atomic mass is 28.4. The van der Waals surface area contributed by atoms with Gasteiger partial charge < -0.3 is 9.16 Å². The number of ether oxygens (including phenoxy) is 1. The largest absolute Gasteiger partial charge is 0.466 e. The first-order chi connectivity index (χ1) is 11.6. The molecule has 0 saturated heterocycles. The minimum Gasteiger partial charge on any atom is -0.466 e. The molecule has 0 aliphatic rings. The quantitative estimate of drug-likeness (QED) is 0.361. The predicted octanol–water partition coefficient (Wildman–Crippen LogP) is 5.60. The van der Waals surface area contributed by atoms with Crippen LogP contribution in [0.15, 0.2) is 48.1 Å². The van der Waals surface area contributed by atoms with Crippen LogP contribution in [0.1, 0.15) is 39.7 Å². The second-order valence-electron chi connectivity index (χ2n) is 7.83. The van der Waals surface area contributed by atoms with Crippen molar-refractivity contribution >= 4 is 20.4 Å². The van der Waals surface area contributed by atoms with Crippen LogP contribution in [0.25, 0.3) is 6.08 Å². The van der Waals surface area contributed by atoms with Crippen molar-refractivity contribution in [2.24, 2.45) is 0 Å². The number of carbonyl (C=O) groups excluding carboxylic acids is 1. The SMILES string of the molecule is COC(=O)/C=C/CC(O[Si](C)(C)C(C)(C)C)/C(C)=C/c1ccccc1. The molecule has 0 N–H and O–H groups in total. The summed E-state index contributed by atoms with van der Waals surface area (Å²) in [7, 11) is -0.539. The molecule has 4 heteroatoms. The van der Waals surface area contributed by atoms with E-state index in [1.165, 1.54) is 13.2 Å². The lowest BCUT2D eigenvalue weighted by atomic mass is 10.0. The Balaban J connectivity index is 3.04. The fourth-order valence-corrected chi connectivity index (χ4v) is 3.47. The number of esters is 1. The normalized spacial score (nSPS) is 14.6. The Morgan fingerprint density at radius 2 is 1.80 bits per heavy atom. The molecule has 138 valence electrons. The number of carbonyl (C=O) groups is 1. The highest BCUT2D eigenvalue weighted by Crippen LogP contribution is 2.38. The summed E-state index contributed by atoms with van der Waals surface area (Å²) in [4.78, 5) is 11.3. The van der Waals surface area contributed by atoms with Crippen LogP contribution in [0.3, 0.4) is 0 Å². The third kappa shape index (κ3) is 7.00. The van der Waals surface area contributed by atoms with Crippen LogP contribution in [0.2, 0.25) is 18.1 Å². The highest BCUT2D eigenvalue weighted by Gasteiger charge is 2.39. The van der Waals surface area contributed by atoms with Gasteiger partial charge in [-0.05, 0) is 42.6 Å². The molecular formula is C21H32O3Si. The van der Waals surface area contributed by atoms with E-state index in [2.05, 4.69) is 63.7 Å². The van der Waals surface area contributed by atoms with Gasteiger partial charge in [-0.3, -0.25) is 0 Å². The van der Waals surface area contributed by atoms with Crippen LogP contribution in [0.5, 0.6) is 0 Å². The summed E-state index contributed by atoms with van der Waals surface area (Å²) in [6.45, 7) is 13.3. The fraction of sp³-hybridized carbons (Fsp3) is 0.476. The molecule has 0 fully saturated rings. The molecule has 0 bridgehead atoms. The maximum Gasteiger partial charge on any atom is 0.330 e. The zero-order valence-electron chi connectivity index (χ0n) is 16.6. The van der Waals surface area contributed by atoms with E-state index in [0.717, 1.165) is 11.1 Å². The smallest absolute Gasteiger partial charge is 0.330 e. The van der Waals surface area contributed by atoms with Crippen molar-refractivity contribution in [2.45, 2.75) is 58.4 Å². The number of methoxy groups -OCH3 is 1. The lowest BCUT2D eigenvalue weighted by Crippen LogP contribution is -2.44. The van der Waals surface area contributed by atoms with E-state index in [9.17, 15) is 4.79 Å². The van der Waals surface area contributed by atoms with E-state index in [4.69, 9.17) is 4.43 Å². The number of hydrogen-bond acceptors (Lipinski definition) is 3. The van der Waals surface area contributed by atoms with Gasteiger partial charge >= 0.3 is 5.97 Å². The van der Waals surface area contributed by atoms with E-state index in [1.54, 1.807) is 0 Å². The monoisotopic (exact) mass is 360 g/mol. The minimum atomic E-state index is -1.92. The zero-order valence-corrected chi connectivity index (χ0v) is 17.6. The first-order valence-corrected chi connectivity index (χ1v) is 11.6.